The lowest BCUT2D eigenvalue weighted by atomic mass is 9.99. The van der Waals surface area contributed by atoms with Crippen LogP contribution in [0.2, 0.25) is 0 Å². The van der Waals surface area contributed by atoms with Gasteiger partial charge in [0.2, 0.25) is 0 Å². The van der Waals surface area contributed by atoms with Gasteiger partial charge in [-0.25, -0.2) is 8.42 Å². The number of Topliss-reactive ketones (excluding diaryl/α,β-unsaturated/α-hetero) is 1. The fourth-order valence-corrected chi connectivity index (χ4v) is 5.21. The second-order valence-corrected chi connectivity index (χ2v) is 9.00. The van der Waals surface area contributed by atoms with E-state index < -0.39 is 10.0 Å². The Morgan fingerprint density at radius 2 is 1.68 bits per heavy atom. The number of benzene rings is 2. The highest BCUT2D eigenvalue weighted by Gasteiger charge is 2.26. The van der Waals surface area contributed by atoms with Crippen LogP contribution in [0.5, 0.6) is 5.75 Å². The molecule has 0 radical (unpaired) electrons. The first-order valence-corrected chi connectivity index (χ1v) is 11.2. The molecule has 28 heavy (non-hydrogen) atoms. The Labute approximate surface area is 167 Å². The third-order valence-corrected chi connectivity index (χ3v) is 7.13. The molecule has 5 nitrogen and oxygen atoms in total. The number of carbonyl (C=O) groups excluding carboxylic acids is 1. The molecule has 1 aliphatic rings. The Balaban J connectivity index is 1.77. The van der Waals surface area contributed by atoms with Gasteiger partial charge in [-0.1, -0.05) is 31.0 Å². The fourth-order valence-electron chi connectivity index (χ4n) is 3.71. The first kappa shape index (κ1) is 20.4. The molecule has 0 N–H and O–H groups in total. The maximum atomic E-state index is 13.3. The van der Waals surface area contributed by atoms with Crippen molar-refractivity contribution in [2.24, 2.45) is 5.92 Å². The molecule has 0 amide bonds. The zero-order valence-corrected chi connectivity index (χ0v) is 17.0. The summed E-state index contributed by atoms with van der Waals surface area (Å²) < 4.78 is 33.0. The lowest BCUT2D eigenvalue weighted by molar-refractivity contribution is -0.122. The van der Waals surface area contributed by atoms with Gasteiger partial charge in [0.05, 0.1) is 17.7 Å². The van der Waals surface area contributed by atoms with Crippen molar-refractivity contribution >= 4 is 21.5 Å². The number of methoxy groups -OCH3 is 1. The third-order valence-electron chi connectivity index (χ3n) is 5.29. The van der Waals surface area contributed by atoms with E-state index in [2.05, 4.69) is 0 Å². The lowest BCUT2D eigenvalue weighted by Gasteiger charge is -2.25. The van der Waals surface area contributed by atoms with Crippen molar-refractivity contribution in [2.45, 2.75) is 43.4 Å². The number of ether oxygens (including phenoxy) is 1. The van der Waals surface area contributed by atoms with Crippen LogP contribution in [-0.2, 0) is 14.8 Å². The molecule has 0 atom stereocenters. The Morgan fingerprint density at radius 1 is 1.04 bits per heavy atom. The number of nitrogens with zero attached hydrogens (tertiary/aromatic N) is 1. The molecular formula is C22H27NO4S. The number of sulfonamides is 1. The van der Waals surface area contributed by atoms with Crippen LogP contribution in [0.25, 0.3) is 0 Å². The maximum absolute atomic E-state index is 13.3. The van der Waals surface area contributed by atoms with Gasteiger partial charge in [-0.15, -0.1) is 0 Å². The van der Waals surface area contributed by atoms with E-state index in [9.17, 15) is 13.2 Å². The summed E-state index contributed by atoms with van der Waals surface area (Å²) in [5.74, 6) is 1.04. The van der Waals surface area contributed by atoms with Gasteiger partial charge in [0, 0.05) is 18.9 Å². The Hall–Kier alpha value is -2.34. The number of hydrogen-bond donors (Lipinski definition) is 0. The molecule has 150 valence electrons. The van der Waals surface area contributed by atoms with Crippen LogP contribution in [0.1, 0.15) is 38.5 Å². The van der Waals surface area contributed by atoms with Crippen molar-refractivity contribution in [3.8, 4) is 5.75 Å². The molecule has 0 spiro atoms. The first-order valence-electron chi connectivity index (χ1n) is 9.77. The summed E-state index contributed by atoms with van der Waals surface area (Å²) in [6, 6.07) is 15.4. The van der Waals surface area contributed by atoms with E-state index in [4.69, 9.17) is 4.74 Å². The predicted octanol–water partition coefficient (Wildman–Crippen LogP) is 4.43. The second kappa shape index (κ2) is 9.24. The topological polar surface area (TPSA) is 63.7 Å². The highest BCUT2D eigenvalue weighted by Crippen LogP contribution is 2.28. The SMILES string of the molecule is COc1ccc(S(=O)(=O)N(CCCC(=O)C2CCCC2)c2ccccc2)cc1. The Bertz CT molecular complexity index is 873. The molecule has 6 heteroatoms. The van der Waals surface area contributed by atoms with Crippen molar-refractivity contribution < 1.29 is 17.9 Å². The fraction of sp³-hybridized carbons (Fsp3) is 0.409. The largest absolute Gasteiger partial charge is 0.497 e. The molecule has 0 unspecified atom stereocenters. The molecular weight excluding hydrogens is 374 g/mol. The molecule has 2 aromatic rings. The van der Waals surface area contributed by atoms with E-state index in [-0.39, 0.29) is 23.1 Å². The molecule has 1 fully saturated rings. The Morgan fingerprint density at radius 3 is 2.29 bits per heavy atom. The van der Waals surface area contributed by atoms with Gasteiger partial charge >= 0.3 is 0 Å². The van der Waals surface area contributed by atoms with Crippen molar-refractivity contribution in [1.29, 1.82) is 0 Å². The minimum atomic E-state index is -3.73. The van der Waals surface area contributed by atoms with Crippen LogP contribution in [-0.4, -0.2) is 27.9 Å². The molecule has 0 saturated heterocycles. The molecule has 1 saturated carbocycles. The van der Waals surface area contributed by atoms with E-state index in [0.29, 0.717) is 24.3 Å². The van der Waals surface area contributed by atoms with Crippen molar-refractivity contribution in [1.82, 2.24) is 0 Å². The number of carbonyl (C=O) groups is 1. The first-order chi connectivity index (χ1) is 13.5. The molecule has 0 aliphatic heterocycles. The van der Waals surface area contributed by atoms with E-state index in [1.54, 1.807) is 43.5 Å². The van der Waals surface area contributed by atoms with Gasteiger partial charge in [-0.05, 0) is 55.7 Å². The minimum Gasteiger partial charge on any atom is -0.497 e. The van der Waals surface area contributed by atoms with Gasteiger partial charge < -0.3 is 4.74 Å². The van der Waals surface area contributed by atoms with Gasteiger partial charge in [-0.2, -0.15) is 0 Å². The summed E-state index contributed by atoms with van der Waals surface area (Å²) >= 11 is 0. The second-order valence-electron chi connectivity index (χ2n) is 7.14. The summed E-state index contributed by atoms with van der Waals surface area (Å²) in [4.78, 5) is 12.6. The summed E-state index contributed by atoms with van der Waals surface area (Å²) in [5, 5.41) is 0. The number of hydrogen-bond acceptors (Lipinski definition) is 4. The maximum Gasteiger partial charge on any atom is 0.264 e. The van der Waals surface area contributed by atoms with Crippen molar-refractivity contribution in [3.63, 3.8) is 0 Å². The molecule has 3 rings (SSSR count). The van der Waals surface area contributed by atoms with Crippen LogP contribution in [0.15, 0.2) is 59.5 Å². The van der Waals surface area contributed by atoms with Crippen molar-refractivity contribution in [3.05, 3.63) is 54.6 Å². The smallest absolute Gasteiger partial charge is 0.264 e. The van der Waals surface area contributed by atoms with Gasteiger partial charge in [0.25, 0.3) is 10.0 Å². The molecule has 2 aromatic carbocycles. The van der Waals surface area contributed by atoms with Crippen molar-refractivity contribution in [2.75, 3.05) is 18.0 Å². The van der Waals surface area contributed by atoms with Gasteiger partial charge in [0.15, 0.2) is 0 Å². The summed E-state index contributed by atoms with van der Waals surface area (Å²) in [6.07, 6.45) is 5.14. The Kier molecular flexibility index (Phi) is 6.73. The molecule has 1 aliphatic carbocycles. The molecule has 0 aromatic heterocycles. The van der Waals surface area contributed by atoms with Crippen LogP contribution in [0, 0.1) is 5.92 Å². The zero-order valence-electron chi connectivity index (χ0n) is 16.2. The number of ketones is 1. The monoisotopic (exact) mass is 401 g/mol. The van der Waals surface area contributed by atoms with Gasteiger partial charge in [0.1, 0.15) is 11.5 Å². The zero-order chi connectivity index (χ0) is 20.0. The third kappa shape index (κ3) is 4.73. The van der Waals surface area contributed by atoms with E-state index in [1.807, 2.05) is 18.2 Å². The van der Waals surface area contributed by atoms with Crippen LogP contribution in [0.4, 0.5) is 5.69 Å². The lowest BCUT2D eigenvalue weighted by Crippen LogP contribution is -2.32. The van der Waals surface area contributed by atoms with Gasteiger partial charge in [-0.3, -0.25) is 9.10 Å². The number of rotatable bonds is 9. The quantitative estimate of drug-likeness (QED) is 0.623. The van der Waals surface area contributed by atoms with Crippen LogP contribution in [0.3, 0.4) is 0 Å². The van der Waals surface area contributed by atoms with E-state index in [0.717, 1.165) is 25.7 Å². The average molecular weight is 402 g/mol. The summed E-state index contributed by atoms with van der Waals surface area (Å²) in [6.45, 7) is 0.275. The number of para-hydroxylation sites is 1. The standard InChI is InChI=1S/C22H27NO4S/c1-27-20-13-15-21(16-14-20)28(25,26)23(19-10-3-2-4-11-19)17-7-12-22(24)18-8-5-6-9-18/h2-4,10-11,13-16,18H,5-9,12,17H2,1H3. The summed E-state index contributed by atoms with van der Waals surface area (Å²) in [5.41, 5.74) is 0.603. The highest BCUT2D eigenvalue weighted by atomic mass is 32.2. The molecule has 0 bridgehead atoms. The van der Waals surface area contributed by atoms with E-state index >= 15 is 0 Å². The molecule has 0 heterocycles. The minimum absolute atomic E-state index is 0.170. The average Bonchev–Trinajstić information content (AvgIpc) is 3.26. The van der Waals surface area contributed by atoms with Crippen LogP contribution < -0.4 is 9.04 Å². The van der Waals surface area contributed by atoms with E-state index in [1.165, 1.54) is 4.31 Å². The highest BCUT2D eigenvalue weighted by molar-refractivity contribution is 7.92. The normalized spacial score (nSPS) is 14.8. The van der Waals surface area contributed by atoms with Crippen LogP contribution >= 0.6 is 0 Å². The predicted molar refractivity (Wildman–Crippen MR) is 110 cm³/mol. The summed E-state index contributed by atoms with van der Waals surface area (Å²) in [7, 11) is -2.19. The number of anilines is 1.